The molecule has 3 rings (SSSR count). The van der Waals surface area contributed by atoms with Crippen LogP contribution in [-0.4, -0.2) is 19.8 Å². The quantitative estimate of drug-likeness (QED) is 0.749. The minimum Gasteiger partial charge on any atom is -0.491 e. The lowest BCUT2D eigenvalue weighted by Gasteiger charge is -2.17. The van der Waals surface area contributed by atoms with E-state index < -0.39 is 0 Å². The Morgan fingerprint density at radius 3 is 2.83 bits per heavy atom. The molecular weight excluding hydrogens is 227 g/mol. The van der Waals surface area contributed by atoms with Crippen LogP contribution in [0.4, 0.5) is 0 Å². The molecule has 96 valence electrons. The second-order valence-electron chi connectivity index (χ2n) is 5.03. The SMILES string of the molecule is CCc1ccc2c3c1[C@@H](CC)OB3OC(C)CO2. The normalized spacial score (nSPS) is 25.6. The topological polar surface area (TPSA) is 27.7 Å². The Bertz CT molecular complexity index is 461. The summed E-state index contributed by atoms with van der Waals surface area (Å²) in [6, 6.07) is 4.23. The number of aryl methyl sites for hydroxylation is 1. The molecule has 0 aliphatic carbocycles. The fourth-order valence-corrected chi connectivity index (χ4v) is 2.86. The van der Waals surface area contributed by atoms with Crippen molar-refractivity contribution in [3.63, 3.8) is 0 Å². The summed E-state index contributed by atoms with van der Waals surface area (Å²) in [4.78, 5) is 0. The molecule has 4 heteroatoms. The van der Waals surface area contributed by atoms with Crippen LogP contribution in [0.25, 0.3) is 0 Å². The minimum absolute atomic E-state index is 0.0657. The van der Waals surface area contributed by atoms with E-state index in [1.165, 1.54) is 11.1 Å². The Labute approximate surface area is 109 Å². The van der Waals surface area contributed by atoms with Crippen molar-refractivity contribution in [1.82, 2.24) is 0 Å². The number of hydrogen-bond acceptors (Lipinski definition) is 3. The zero-order valence-electron chi connectivity index (χ0n) is 11.2. The first-order valence-corrected chi connectivity index (χ1v) is 6.84. The molecule has 0 saturated heterocycles. The van der Waals surface area contributed by atoms with E-state index in [4.69, 9.17) is 14.0 Å². The van der Waals surface area contributed by atoms with Crippen molar-refractivity contribution in [2.24, 2.45) is 0 Å². The number of rotatable bonds is 2. The average Bonchev–Trinajstić information content (AvgIpc) is 2.66. The van der Waals surface area contributed by atoms with Crippen molar-refractivity contribution in [1.29, 1.82) is 0 Å². The molecule has 18 heavy (non-hydrogen) atoms. The maximum absolute atomic E-state index is 6.05. The molecule has 1 aromatic carbocycles. The Morgan fingerprint density at radius 2 is 2.11 bits per heavy atom. The van der Waals surface area contributed by atoms with Crippen LogP contribution in [0, 0.1) is 0 Å². The van der Waals surface area contributed by atoms with Crippen LogP contribution in [0.15, 0.2) is 12.1 Å². The molecule has 0 bridgehead atoms. The highest BCUT2D eigenvalue weighted by Gasteiger charge is 2.43. The van der Waals surface area contributed by atoms with E-state index >= 15 is 0 Å². The summed E-state index contributed by atoms with van der Waals surface area (Å²) in [5.74, 6) is 0.938. The zero-order chi connectivity index (χ0) is 12.7. The third-order valence-corrected chi connectivity index (χ3v) is 3.76. The van der Waals surface area contributed by atoms with E-state index in [2.05, 4.69) is 26.0 Å². The summed E-state index contributed by atoms with van der Waals surface area (Å²) >= 11 is 0. The fourth-order valence-electron chi connectivity index (χ4n) is 2.86. The minimum atomic E-state index is -0.246. The van der Waals surface area contributed by atoms with Gasteiger partial charge >= 0.3 is 7.12 Å². The van der Waals surface area contributed by atoms with Crippen LogP contribution in [0.2, 0.25) is 0 Å². The molecule has 0 fully saturated rings. The molecule has 0 saturated carbocycles. The summed E-state index contributed by atoms with van der Waals surface area (Å²) in [7, 11) is -0.246. The van der Waals surface area contributed by atoms with Crippen LogP contribution in [0.5, 0.6) is 5.75 Å². The second-order valence-corrected chi connectivity index (χ2v) is 5.03. The largest absolute Gasteiger partial charge is 0.498 e. The predicted molar refractivity (Wildman–Crippen MR) is 71.4 cm³/mol. The van der Waals surface area contributed by atoms with Gasteiger partial charge in [0.05, 0.1) is 12.2 Å². The van der Waals surface area contributed by atoms with Gasteiger partial charge in [-0.15, -0.1) is 0 Å². The van der Waals surface area contributed by atoms with E-state index in [9.17, 15) is 0 Å². The lowest BCUT2D eigenvalue weighted by Crippen LogP contribution is -2.34. The zero-order valence-corrected chi connectivity index (χ0v) is 11.2. The third-order valence-electron chi connectivity index (χ3n) is 3.76. The Morgan fingerprint density at radius 1 is 1.28 bits per heavy atom. The number of hydrogen-bond donors (Lipinski definition) is 0. The molecule has 0 N–H and O–H groups in total. The van der Waals surface area contributed by atoms with Crippen molar-refractivity contribution >= 4 is 12.6 Å². The fraction of sp³-hybridized carbons (Fsp3) is 0.571. The van der Waals surface area contributed by atoms with E-state index in [1.807, 2.05) is 6.92 Å². The highest BCUT2D eigenvalue weighted by molar-refractivity contribution is 6.64. The van der Waals surface area contributed by atoms with Crippen LogP contribution in [0.1, 0.15) is 44.4 Å². The van der Waals surface area contributed by atoms with Gasteiger partial charge in [-0.05, 0) is 37.0 Å². The lowest BCUT2D eigenvalue weighted by atomic mass is 9.76. The summed E-state index contributed by atoms with van der Waals surface area (Å²) in [6.07, 6.45) is 2.20. The van der Waals surface area contributed by atoms with Crippen molar-refractivity contribution in [2.75, 3.05) is 6.61 Å². The lowest BCUT2D eigenvalue weighted by molar-refractivity contribution is 0.0975. The molecule has 0 aromatic heterocycles. The van der Waals surface area contributed by atoms with Crippen molar-refractivity contribution in [3.05, 3.63) is 23.3 Å². The monoisotopic (exact) mass is 246 g/mol. The molecule has 0 spiro atoms. The van der Waals surface area contributed by atoms with Crippen LogP contribution in [0.3, 0.4) is 0 Å². The van der Waals surface area contributed by atoms with Gasteiger partial charge in [-0.3, -0.25) is 0 Å². The second kappa shape index (κ2) is 4.59. The van der Waals surface area contributed by atoms with Gasteiger partial charge in [0, 0.05) is 5.46 Å². The van der Waals surface area contributed by atoms with E-state index in [1.54, 1.807) is 0 Å². The van der Waals surface area contributed by atoms with Crippen molar-refractivity contribution in [2.45, 2.75) is 45.8 Å². The van der Waals surface area contributed by atoms with Crippen molar-refractivity contribution < 1.29 is 14.0 Å². The molecule has 3 nitrogen and oxygen atoms in total. The maximum atomic E-state index is 6.05. The van der Waals surface area contributed by atoms with Gasteiger partial charge < -0.3 is 14.0 Å². The van der Waals surface area contributed by atoms with Gasteiger partial charge in [0.1, 0.15) is 12.4 Å². The molecule has 0 amide bonds. The standard InChI is InChI=1S/C14H19BO3/c1-4-10-6-7-12-14-13(10)11(5-2)18-15(14)17-9(3)8-16-12/h6-7,9,11H,4-5,8H2,1-3H3/t9?,11-/m1/s1. The van der Waals surface area contributed by atoms with Crippen molar-refractivity contribution in [3.8, 4) is 5.75 Å². The van der Waals surface area contributed by atoms with E-state index in [0.29, 0.717) is 6.61 Å². The number of ether oxygens (including phenoxy) is 1. The Balaban J connectivity index is 2.14. The molecule has 0 radical (unpaired) electrons. The third kappa shape index (κ3) is 1.75. The van der Waals surface area contributed by atoms with Crippen LogP contribution in [-0.2, 0) is 15.7 Å². The first kappa shape index (κ1) is 12.1. The molecule has 2 heterocycles. The van der Waals surface area contributed by atoms with Gasteiger partial charge in [-0.2, -0.15) is 0 Å². The molecule has 1 unspecified atom stereocenters. The van der Waals surface area contributed by atoms with Gasteiger partial charge in [-0.1, -0.05) is 19.9 Å². The Hall–Kier alpha value is -0.995. The highest BCUT2D eigenvalue weighted by Crippen LogP contribution is 2.35. The molecular formula is C14H19BO3. The Kier molecular flexibility index (Phi) is 3.08. The molecule has 2 aliphatic heterocycles. The summed E-state index contributed by atoms with van der Waals surface area (Å²) in [5, 5.41) is 0. The van der Waals surface area contributed by atoms with E-state index in [0.717, 1.165) is 24.1 Å². The summed E-state index contributed by atoms with van der Waals surface area (Å²) < 4.78 is 17.8. The summed E-state index contributed by atoms with van der Waals surface area (Å²) in [5.41, 5.74) is 3.78. The van der Waals surface area contributed by atoms with Gasteiger partial charge in [0.2, 0.25) is 0 Å². The first-order chi connectivity index (χ1) is 8.74. The first-order valence-electron chi connectivity index (χ1n) is 6.84. The van der Waals surface area contributed by atoms with Crippen LogP contribution < -0.4 is 10.2 Å². The molecule has 2 aliphatic rings. The highest BCUT2D eigenvalue weighted by atomic mass is 16.6. The average molecular weight is 246 g/mol. The number of benzene rings is 1. The smallest absolute Gasteiger partial charge is 0.491 e. The maximum Gasteiger partial charge on any atom is 0.498 e. The predicted octanol–water partition coefficient (Wildman–Crippen LogP) is 2.22. The molecule has 1 aromatic rings. The van der Waals surface area contributed by atoms with Gasteiger partial charge in [0.25, 0.3) is 0 Å². The summed E-state index contributed by atoms with van der Waals surface area (Å²) in [6.45, 7) is 6.95. The van der Waals surface area contributed by atoms with Crippen LogP contribution >= 0.6 is 0 Å². The molecule has 2 atom stereocenters. The van der Waals surface area contributed by atoms with Gasteiger partial charge in [0.15, 0.2) is 0 Å². The van der Waals surface area contributed by atoms with E-state index in [-0.39, 0.29) is 19.3 Å². The van der Waals surface area contributed by atoms with Gasteiger partial charge in [-0.25, -0.2) is 0 Å².